The first kappa shape index (κ1) is 20.0. The Labute approximate surface area is 179 Å². The second-order valence-electron chi connectivity index (χ2n) is 6.94. The number of ether oxygens (including phenoxy) is 1. The molecule has 4 rings (SSSR count). The van der Waals surface area contributed by atoms with Gasteiger partial charge in [0.25, 0.3) is 5.91 Å². The molecule has 11 nitrogen and oxygen atoms in total. The van der Waals surface area contributed by atoms with E-state index in [4.69, 9.17) is 16.2 Å². The molecule has 4 aromatic rings. The van der Waals surface area contributed by atoms with Crippen LogP contribution in [-0.2, 0) is 18.4 Å². The number of fused-ring (bicyclic) bond motifs is 2. The van der Waals surface area contributed by atoms with Gasteiger partial charge in [0, 0.05) is 19.3 Å². The molecule has 1 atom stereocenters. The van der Waals surface area contributed by atoms with Gasteiger partial charge in [0.15, 0.2) is 11.5 Å². The fourth-order valence-corrected chi connectivity index (χ4v) is 3.54. The number of rotatable bonds is 6. The van der Waals surface area contributed by atoms with Crippen molar-refractivity contribution in [3.8, 4) is 0 Å². The van der Waals surface area contributed by atoms with E-state index in [1.165, 1.54) is 6.20 Å². The summed E-state index contributed by atoms with van der Waals surface area (Å²) in [5.41, 5.74) is 15.6. The summed E-state index contributed by atoms with van der Waals surface area (Å²) in [6, 6.07) is 3.52. The lowest BCUT2D eigenvalue weighted by Crippen LogP contribution is -2.36. The van der Waals surface area contributed by atoms with Crippen molar-refractivity contribution in [3.63, 3.8) is 0 Å². The average Bonchev–Trinajstić information content (AvgIpc) is 3.26. The van der Waals surface area contributed by atoms with Gasteiger partial charge in [-0.25, -0.2) is 14.6 Å². The van der Waals surface area contributed by atoms with Gasteiger partial charge in [-0.1, -0.05) is 5.21 Å². The molecule has 1 unspecified atom stereocenters. The second-order valence-corrected chi connectivity index (χ2v) is 7.75. The first-order chi connectivity index (χ1) is 14.3. The van der Waals surface area contributed by atoms with Crippen LogP contribution in [0.5, 0.6) is 0 Å². The standard InChI is InChI=1S/C18H20BrN9O2/c1-9(7-30-8-10-3-11(20)15-12(4-10)27(2)26-25-15)23-18(29)13-5-22-17-16(21)24-14(19)6-28(13)17/h3-6,9H,7-8,20H2,1-2H3,(H2,21,24)(H,23,29). The zero-order valence-corrected chi connectivity index (χ0v) is 17.9. The molecule has 0 radical (unpaired) electrons. The lowest BCUT2D eigenvalue weighted by Gasteiger charge is -2.14. The monoisotopic (exact) mass is 473 g/mol. The van der Waals surface area contributed by atoms with E-state index < -0.39 is 0 Å². The lowest BCUT2D eigenvalue weighted by molar-refractivity contribution is 0.0816. The van der Waals surface area contributed by atoms with E-state index in [1.54, 1.807) is 22.3 Å². The number of carbonyl (C=O) groups excluding carboxylic acids is 1. The Morgan fingerprint density at radius 3 is 2.97 bits per heavy atom. The van der Waals surface area contributed by atoms with Crippen molar-refractivity contribution in [2.75, 3.05) is 18.1 Å². The molecule has 0 aliphatic heterocycles. The minimum atomic E-state index is -0.289. The van der Waals surface area contributed by atoms with Gasteiger partial charge in [0.2, 0.25) is 0 Å². The molecule has 0 fully saturated rings. The third kappa shape index (κ3) is 3.78. The number of nitrogens with one attached hydrogen (secondary N) is 1. The molecule has 30 heavy (non-hydrogen) atoms. The molecule has 3 heterocycles. The van der Waals surface area contributed by atoms with E-state index >= 15 is 0 Å². The first-order valence-electron chi connectivity index (χ1n) is 9.09. The van der Waals surface area contributed by atoms with Gasteiger partial charge < -0.3 is 21.5 Å². The average molecular weight is 474 g/mol. The fourth-order valence-electron chi connectivity index (χ4n) is 3.14. The van der Waals surface area contributed by atoms with Crippen LogP contribution < -0.4 is 16.8 Å². The van der Waals surface area contributed by atoms with Gasteiger partial charge >= 0.3 is 0 Å². The highest BCUT2D eigenvalue weighted by atomic mass is 79.9. The van der Waals surface area contributed by atoms with Gasteiger partial charge in [0.05, 0.1) is 30.6 Å². The van der Waals surface area contributed by atoms with E-state index in [0.29, 0.717) is 40.4 Å². The first-order valence-corrected chi connectivity index (χ1v) is 9.88. The number of aromatic nitrogens is 6. The number of anilines is 2. The van der Waals surface area contributed by atoms with Crippen molar-refractivity contribution in [1.29, 1.82) is 0 Å². The van der Waals surface area contributed by atoms with Crippen molar-refractivity contribution in [2.45, 2.75) is 19.6 Å². The Hall–Kier alpha value is -3.25. The minimum Gasteiger partial charge on any atom is -0.397 e. The van der Waals surface area contributed by atoms with Crippen molar-refractivity contribution in [3.05, 3.63) is 40.4 Å². The maximum atomic E-state index is 12.6. The number of imidazole rings is 1. The topological polar surface area (TPSA) is 151 Å². The van der Waals surface area contributed by atoms with Crippen molar-refractivity contribution >= 4 is 50.0 Å². The van der Waals surface area contributed by atoms with Crippen LogP contribution in [0.15, 0.2) is 29.1 Å². The van der Waals surface area contributed by atoms with Crippen LogP contribution in [0.2, 0.25) is 0 Å². The predicted molar refractivity (Wildman–Crippen MR) is 115 cm³/mol. The molecular weight excluding hydrogens is 454 g/mol. The van der Waals surface area contributed by atoms with Crippen LogP contribution in [0.25, 0.3) is 16.7 Å². The summed E-state index contributed by atoms with van der Waals surface area (Å²) < 4.78 is 9.53. The number of nitrogens with two attached hydrogens (primary N) is 2. The zero-order valence-electron chi connectivity index (χ0n) is 16.3. The summed E-state index contributed by atoms with van der Waals surface area (Å²) in [5.74, 6) is -0.0533. The maximum absolute atomic E-state index is 12.6. The van der Waals surface area contributed by atoms with Crippen LogP contribution in [0.4, 0.5) is 11.5 Å². The van der Waals surface area contributed by atoms with Crippen LogP contribution in [0.1, 0.15) is 23.0 Å². The van der Waals surface area contributed by atoms with E-state index in [1.807, 2.05) is 19.1 Å². The SMILES string of the molecule is CC(COCc1cc(N)c2nnn(C)c2c1)NC(=O)c1cnc2c(N)nc(Br)cn12. The molecule has 1 aromatic carbocycles. The Balaban J connectivity index is 1.38. The Kier molecular flexibility index (Phi) is 5.26. The largest absolute Gasteiger partial charge is 0.397 e. The summed E-state index contributed by atoms with van der Waals surface area (Å²) in [7, 11) is 1.80. The molecular formula is C18H20BrN9O2. The van der Waals surface area contributed by atoms with E-state index in [9.17, 15) is 4.79 Å². The molecule has 0 aliphatic carbocycles. The Bertz CT molecular complexity index is 1250. The summed E-state index contributed by atoms with van der Waals surface area (Å²) in [6.45, 7) is 2.52. The Morgan fingerprint density at radius 1 is 1.37 bits per heavy atom. The number of amides is 1. The highest BCUT2D eigenvalue weighted by Crippen LogP contribution is 2.21. The number of nitrogens with zero attached hydrogens (tertiary/aromatic N) is 6. The molecule has 3 aromatic heterocycles. The highest BCUT2D eigenvalue weighted by Gasteiger charge is 2.17. The molecule has 0 bridgehead atoms. The van der Waals surface area contributed by atoms with Gasteiger partial charge in [0.1, 0.15) is 15.8 Å². The summed E-state index contributed by atoms with van der Waals surface area (Å²) >= 11 is 3.27. The quantitative estimate of drug-likeness (QED) is 0.354. The molecule has 156 valence electrons. The number of halogens is 1. The zero-order chi connectivity index (χ0) is 21.4. The maximum Gasteiger partial charge on any atom is 0.270 e. The van der Waals surface area contributed by atoms with Gasteiger partial charge in [-0.2, -0.15) is 0 Å². The lowest BCUT2D eigenvalue weighted by atomic mass is 10.2. The molecule has 0 spiro atoms. The molecule has 0 saturated heterocycles. The minimum absolute atomic E-state index is 0.231. The number of carbonyl (C=O) groups is 1. The van der Waals surface area contributed by atoms with E-state index in [0.717, 1.165) is 11.1 Å². The number of benzene rings is 1. The number of aryl methyl sites for hydroxylation is 1. The smallest absolute Gasteiger partial charge is 0.270 e. The third-order valence-corrected chi connectivity index (χ3v) is 4.92. The van der Waals surface area contributed by atoms with Gasteiger partial charge in [-0.15, -0.1) is 5.10 Å². The van der Waals surface area contributed by atoms with Crippen LogP contribution in [0.3, 0.4) is 0 Å². The normalized spacial score (nSPS) is 12.5. The third-order valence-electron chi connectivity index (χ3n) is 4.54. The predicted octanol–water partition coefficient (Wildman–Crippen LogP) is 1.27. The summed E-state index contributed by atoms with van der Waals surface area (Å²) in [6.07, 6.45) is 3.10. The molecule has 12 heteroatoms. The molecule has 0 saturated carbocycles. The number of hydrogen-bond donors (Lipinski definition) is 3. The van der Waals surface area contributed by atoms with Crippen LogP contribution >= 0.6 is 15.9 Å². The van der Waals surface area contributed by atoms with Crippen molar-refractivity contribution in [1.82, 2.24) is 34.7 Å². The number of hydrogen-bond acceptors (Lipinski definition) is 8. The van der Waals surface area contributed by atoms with Crippen LogP contribution in [-0.4, -0.2) is 47.9 Å². The molecule has 1 amide bonds. The fraction of sp³-hybridized carbons (Fsp3) is 0.278. The molecule has 0 aliphatic rings. The number of nitrogen functional groups attached to an aromatic ring is 2. The summed E-state index contributed by atoms with van der Waals surface area (Å²) in [5, 5.41) is 10.9. The van der Waals surface area contributed by atoms with E-state index in [-0.39, 0.29) is 17.8 Å². The summed E-state index contributed by atoms with van der Waals surface area (Å²) in [4.78, 5) is 20.9. The second kappa shape index (κ2) is 7.88. The Morgan fingerprint density at radius 2 is 2.17 bits per heavy atom. The van der Waals surface area contributed by atoms with Crippen molar-refractivity contribution < 1.29 is 9.53 Å². The van der Waals surface area contributed by atoms with Gasteiger partial charge in [-0.3, -0.25) is 9.20 Å². The van der Waals surface area contributed by atoms with Crippen molar-refractivity contribution in [2.24, 2.45) is 7.05 Å². The van der Waals surface area contributed by atoms with E-state index in [2.05, 4.69) is 41.5 Å². The van der Waals surface area contributed by atoms with Crippen LogP contribution in [0, 0.1) is 0 Å². The van der Waals surface area contributed by atoms with Gasteiger partial charge in [-0.05, 0) is 40.5 Å². The highest BCUT2D eigenvalue weighted by molar-refractivity contribution is 9.10. The molecule has 5 N–H and O–H groups in total.